The van der Waals surface area contributed by atoms with Crippen molar-refractivity contribution < 1.29 is 9.47 Å². The highest BCUT2D eigenvalue weighted by Crippen LogP contribution is 2.46. The van der Waals surface area contributed by atoms with Crippen LogP contribution in [0.15, 0.2) is 12.1 Å². The molecule has 1 aromatic carbocycles. The van der Waals surface area contributed by atoms with E-state index >= 15 is 0 Å². The van der Waals surface area contributed by atoms with Gasteiger partial charge in [0.2, 0.25) is 0 Å². The lowest BCUT2D eigenvalue weighted by Gasteiger charge is -2.51. The number of nitrogens with zero attached hydrogens (tertiary/aromatic N) is 1. The molecule has 5 heteroatoms. The molecule has 1 N–H and O–H groups in total. The number of ether oxygens (including phenoxy) is 2. The van der Waals surface area contributed by atoms with Gasteiger partial charge in [0.05, 0.1) is 13.2 Å². The lowest BCUT2D eigenvalue weighted by molar-refractivity contribution is -0.0564. The van der Waals surface area contributed by atoms with Gasteiger partial charge in [-0.3, -0.25) is 0 Å². The topological polar surface area (TPSA) is 33.7 Å². The van der Waals surface area contributed by atoms with Crippen LogP contribution in [0, 0.1) is 6.92 Å². The number of benzene rings is 1. The number of aryl methyl sites for hydroxylation is 1. The highest BCUT2D eigenvalue weighted by molar-refractivity contribution is 7.80. The van der Waals surface area contributed by atoms with Gasteiger partial charge < -0.3 is 19.7 Å². The van der Waals surface area contributed by atoms with Gasteiger partial charge in [-0.1, -0.05) is 0 Å². The largest absolute Gasteiger partial charge is 0.497 e. The second-order valence-corrected chi connectivity index (χ2v) is 5.79. The maximum absolute atomic E-state index is 6.21. The minimum Gasteiger partial charge on any atom is -0.497 e. The monoisotopic (exact) mass is 278 g/mol. The second kappa shape index (κ2) is 4.00. The summed E-state index contributed by atoms with van der Waals surface area (Å²) in [6.45, 7) is 4.15. The highest BCUT2D eigenvalue weighted by Gasteiger charge is 2.46. The van der Waals surface area contributed by atoms with Crippen LogP contribution in [-0.2, 0) is 0 Å². The zero-order valence-electron chi connectivity index (χ0n) is 11.6. The summed E-state index contributed by atoms with van der Waals surface area (Å²) in [7, 11) is 3.63. The van der Waals surface area contributed by atoms with E-state index in [1.54, 1.807) is 7.11 Å². The van der Waals surface area contributed by atoms with E-state index in [9.17, 15) is 0 Å². The van der Waals surface area contributed by atoms with E-state index in [1.165, 1.54) is 11.1 Å². The fraction of sp³-hybridized carbons (Fsp3) is 0.500. The fourth-order valence-electron chi connectivity index (χ4n) is 2.93. The minimum absolute atomic E-state index is 0.211. The van der Waals surface area contributed by atoms with Crippen LogP contribution < -0.4 is 14.8 Å². The molecule has 2 heterocycles. The van der Waals surface area contributed by atoms with Crippen LogP contribution in [0.5, 0.6) is 11.5 Å². The van der Waals surface area contributed by atoms with Crippen molar-refractivity contribution in [2.45, 2.75) is 32.0 Å². The van der Waals surface area contributed by atoms with Gasteiger partial charge in [0.15, 0.2) is 10.8 Å². The Balaban J connectivity index is 2.14. The molecule has 3 rings (SSSR count). The van der Waals surface area contributed by atoms with E-state index in [-0.39, 0.29) is 6.04 Å². The quantitative estimate of drug-likeness (QED) is 0.798. The van der Waals surface area contributed by atoms with Crippen LogP contribution in [0.4, 0.5) is 0 Å². The minimum atomic E-state index is -0.390. The zero-order valence-corrected chi connectivity index (χ0v) is 12.4. The molecule has 1 fully saturated rings. The lowest BCUT2D eigenvalue weighted by Crippen LogP contribution is -2.63. The average molecular weight is 278 g/mol. The zero-order chi connectivity index (χ0) is 13.8. The molecule has 4 nitrogen and oxygen atoms in total. The summed E-state index contributed by atoms with van der Waals surface area (Å²) >= 11 is 5.39. The van der Waals surface area contributed by atoms with E-state index < -0.39 is 5.72 Å². The number of thiocarbonyl (C=S) groups is 1. The first-order valence-electron chi connectivity index (χ1n) is 6.36. The van der Waals surface area contributed by atoms with Crippen molar-refractivity contribution in [3.05, 3.63) is 23.3 Å². The third-order valence-corrected chi connectivity index (χ3v) is 4.52. The van der Waals surface area contributed by atoms with Gasteiger partial charge in [0, 0.05) is 25.1 Å². The van der Waals surface area contributed by atoms with Crippen molar-refractivity contribution in [2.24, 2.45) is 0 Å². The molecule has 0 radical (unpaired) electrons. The van der Waals surface area contributed by atoms with Crippen LogP contribution >= 0.6 is 12.2 Å². The Labute approximate surface area is 118 Å². The SMILES string of the molecule is COc1cc(C)c2c(c1)OC1(C)CC2NC(=S)N1C. The number of methoxy groups -OCH3 is 1. The summed E-state index contributed by atoms with van der Waals surface area (Å²) in [5, 5.41) is 4.13. The van der Waals surface area contributed by atoms with Gasteiger partial charge >= 0.3 is 0 Å². The smallest absolute Gasteiger partial charge is 0.183 e. The summed E-state index contributed by atoms with van der Waals surface area (Å²) in [6.07, 6.45) is 0.879. The van der Waals surface area contributed by atoms with Crippen molar-refractivity contribution in [1.29, 1.82) is 0 Å². The molecular formula is C14H18N2O2S. The number of fused-ring (bicyclic) bond motifs is 4. The van der Waals surface area contributed by atoms with Crippen molar-refractivity contribution in [3.63, 3.8) is 0 Å². The molecular weight excluding hydrogens is 260 g/mol. The summed E-state index contributed by atoms with van der Waals surface area (Å²) < 4.78 is 11.5. The van der Waals surface area contributed by atoms with Gasteiger partial charge in [-0.25, -0.2) is 0 Å². The molecule has 19 heavy (non-hydrogen) atoms. The first-order chi connectivity index (χ1) is 8.94. The van der Waals surface area contributed by atoms with Crippen LogP contribution in [0.25, 0.3) is 0 Å². The summed E-state index contributed by atoms with van der Waals surface area (Å²) in [4.78, 5) is 1.98. The Morgan fingerprint density at radius 2 is 2.26 bits per heavy atom. The molecule has 0 aliphatic carbocycles. The van der Waals surface area contributed by atoms with Crippen molar-refractivity contribution in [3.8, 4) is 11.5 Å². The van der Waals surface area contributed by atoms with Crippen LogP contribution in [0.1, 0.15) is 30.5 Å². The number of rotatable bonds is 1. The van der Waals surface area contributed by atoms with Gasteiger partial charge in [-0.2, -0.15) is 0 Å². The van der Waals surface area contributed by atoms with E-state index in [2.05, 4.69) is 19.2 Å². The van der Waals surface area contributed by atoms with Crippen molar-refractivity contribution in [1.82, 2.24) is 10.2 Å². The van der Waals surface area contributed by atoms with E-state index in [4.69, 9.17) is 21.7 Å². The first kappa shape index (κ1) is 12.5. The van der Waals surface area contributed by atoms with Crippen LogP contribution in [0.3, 0.4) is 0 Å². The second-order valence-electron chi connectivity index (χ2n) is 5.40. The third kappa shape index (κ3) is 1.75. The molecule has 2 aliphatic rings. The van der Waals surface area contributed by atoms with E-state index in [1.807, 2.05) is 24.1 Å². The molecule has 2 aliphatic heterocycles. The molecule has 2 bridgehead atoms. The van der Waals surface area contributed by atoms with Gasteiger partial charge in [0.1, 0.15) is 11.5 Å². The maximum Gasteiger partial charge on any atom is 0.183 e. The van der Waals surface area contributed by atoms with Crippen molar-refractivity contribution >= 4 is 17.3 Å². The molecule has 0 saturated carbocycles. The third-order valence-electron chi connectivity index (χ3n) is 4.13. The molecule has 2 unspecified atom stereocenters. The first-order valence-corrected chi connectivity index (χ1v) is 6.77. The summed E-state index contributed by atoms with van der Waals surface area (Å²) in [5.74, 6) is 1.71. The number of hydrogen-bond acceptors (Lipinski definition) is 3. The van der Waals surface area contributed by atoms with Gasteiger partial charge in [-0.15, -0.1) is 0 Å². The molecule has 0 amide bonds. The summed E-state index contributed by atoms with van der Waals surface area (Å²) in [5.41, 5.74) is 1.97. The van der Waals surface area contributed by atoms with Crippen LogP contribution in [-0.4, -0.2) is 29.9 Å². The van der Waals surface area contributed by atoms with Crippen LogP contribution in [0.2, 0.25) is 0 Å². The van der Waals surface area contributed by atoms with E-state index in [0.717, 1.165) is 23.0 Å². The highest BCUT2D eigenvalue weighted by atomic mass is 32.1. The number of hydrogen-bond donors (Lipinski definition) is 1. The Morgan fingerprint density at radius 3 is 2.95 bits per heavy atom. The van der Waals surface area contributed by atoms with Gasteiger partial charge in [0.25, 0.3) is 0 Å². The summed E-state index contributed by atoms with van der Waals surface area (Å²) in [6, 6.07) is 4.20. The molecule has 1 saturated heterocycles. The molecule has 0 aromatic heterocycles. The molecule has 102 valence electrons. The normalized spacial score (nSPS) is 28.3. The van der Waals surface area contributed by atoms with Gasteiger partial charge in [-0.05, 0) is 37.7 Å². The predicted molar refractivity (Wildman–Crippen MR) is 77.6 cm³/mol. The maximum atomic E-state index is 6.21. The predicted octanol–water partition coefficient (Wildman–Crippen LogP) is 2.36. The molecule has 1 aromatic rings. The Kier molecular flexibility index (Phi) is 2.64. The Hall–Kier alpha value is -1.49. The molecule has 2 atom stereocenters. The van der Waals surface area contributed by atoms with Crippen molar-refractivity contribution in [2.75, 3.05) is 14.2 Å². The lowest BCUT2D eigenvalue weighted by atomic mass is 9.88. The molecule has 0 spiro atoms. The average Bonchev–Trinajstić information content (AvgIpc) is 2.35. The Bertz CT molecular complexity index is 561. The fourth-order valence-corrected chi connectivity index (χ4v) is 3.27. The Morgan fingerprint density at radius 1 is 1.53 bits per heavy atom. The standard InChI is InChI=1S/C14H18N2O2S/c1-8-5-9(17-4)6-11-12(8)10-7-14(2,18-11)16(3)13(19)15-10/h5-6,10H,7H2,1-4H3,(H,15,19). The van der Waals surface area contributed by atoms with E-state index in [0.29, 0.717) is 0 Å². The number of nitrogens with one attached hydrogen (secondary N) is 1.